The predicted molar refractivity (Wildman–Crippen MR) is 131 cm³/mol. The van der Waals surface area contributed by atoms with Crippen LogP contribution in [0, 0.1) is 0 Å². The summed E-state index contributed by atoms with van der Waals surface area (Å²) in [7, 11) is 3.39. The molecule has 4 heterocycles. The standard InChI is InChI=1S/C25H30N6O3/c1-26-24(32)18-6-3-5-17(15-18)21-9-8-20-22(27-21)28-25(31-10-4-7-19(16-31)33-2)29-23(20)30-11-13-34-14-12-30/h3,5-6,8-9,15,19H,4,7,10-14,16H2,1-2H3,(H,26,32). The van der Waals surface area contributed by atoms with Crippen molar-refractivity contribution in [2.75, 3.05) is 63.4 Å². The number of pyridine rings is 1. The maximum absolute atomic E-state index is 12.1. The highest BCUT2D eigenvalue weighted by molar-refractivity contribution is 5.95. The average Bonchev–Trinajstić information content (AvgIpc) is 2.92. The third kappa shape index (κ3) is 4.53. The van der Waals surface area contributed by atoms with Gasteiger partial charge in [-0.3, -0.25) is 4.79 Å². The van der Waals surface area contributed by atoms with Crippen LogP contribution < -0.4 is 15.1 Å². The summed E-state index contributed by atoms with van der Waals surface area (Å²) in [5.74, 6) is 1.44. The first-order valence-electron chi connectivity index (χ1n) is 11.8. The Labute approximate surface area is 199 Å². The number of hydrogen-bond acceptors (Lipinski definition) is 8. The maximum atomic E-state index is 12.1. The van der Waals surface area contributed by atoms with Crippen LogP contribution in [0.4, 0.5) is 11.8 Å². The first kappa shape index (κ1) is 22.5. The van der Waals surface area contributed by atoms with E-state index >= 15 is 0 Å². The Morgan fingerprint density at radius 3 is 2.74 bits per heavy atom. The number of nitrogens with one attached hydrogen (secondary N) is 1. The summed E-state index contributed by atoms with van der Waals surface area (Å²) in [5.41, 5.74) is 2.88. The molecule has 1 unspecified atom stereocenters. The molecule has 2 aromatic heterocycles. The van der Waals surface area contributed by atoms with Gasteiger partial charge < -0.3 is 24.6 Å². The van der Waals surface area contributed by atoms with Gasteiger partial charge in [0.25, 0.3) is 5.91 Å². The summed E-state index contributed by atoms with van der Waals surface area (Å²) < 4.78 is 11.2. The zero-order valence-corrected chi connectivity index (χ0v) is 19.7. The largest absolute Gasteiger partial charge is 0.380 e. The van der Waals surface area contributed by atoms with Crippen molar-refractivity contribution in [1.82, 2.24) is 20.3 Å². The lowest BCUT2D eigenvalue weighted by Crippen LogP contribution is -2.41. The molecule has 9 heteroatoms. The normalized spacial score (nSPS) is 18.8. The second kappa shape index (κ2) is 9.90. The number of amides is 1. The molecule has 2 aliphatic rings. The van der Waals surface area contributed by atoms with Crippen LogP contribution in [-0.4, -0.2) is 80.5 Å². The predicted octanol–water partition coefficient (Wildman–Crippen LogP) is 2.50. The molecule has 1 N–H and O–H groups in total. The molecule has 178 valence electrons. The third-order valence-corrected chi connectivity index (χ3v) is 6.48. The van der Waals surface area contributed by atoms with Crippen LogP contribution in [0.15, 0.2) is 36.4 Å². The minimum atomic E-state index is -0.125. The highest BCUT2D eigenvalue weighted by atomic mass is 16.5. The molecule has 5 rings (SSSR count). The summed E-state index contributed by atoms with van der Waals surface area (Å²) in [4.78, 5) is 31.4. The lowest BCUT2D eigenvalue weighted by molar-refractivity contribution is 0.0889. The number of methoxy groups -OCH3 is 1. The van der Waals surface area contributed by atoms with Gasteiger partial charge in [0.15, 0.2) is 5.65 Å². The van der Waals surface area contributed by atoms with Crippen molar-refractivity contribution in [3.05, 3.63) is 42.0 Å². The summed E-state index contributed by atoms with van der Waals surface area (Å²) in [5, 5.41) is 3.59. The molecule has 2 saturated heterocycles. The van der Waals surface area contributed by atoms with Crippen molar-refractivity contribution < 1.29 is 14.3 Å². The monoisotopic (exact) mass is 462 g/mol. The Hall–Kier alpha value is -3.30. The summed E-state index contributed by atoms with van der Waals surface area (Å²) in [6, 6.07) is 11.5. The van der Waals surface area contributed by atoms with Crippen LogP contribution in [-0.2, 0) is 9.47 Å². The van der Waals surface area contributed by atoms with E-state index in [-0.39, 0.29) is 12.0 Å². The number of nitrogens with zero attached hydrogens (tertiary/aromatic N) is 5. The number of aromatic nitrogens is 3. The van der Waals surface area contributed by atoms with Crippen molar-refractivity contribution >= 4 is 28.7 Å². The average molecular weight is 463 g/mol. The van der Waals surface area contributed by atoms with Gasteiger partial charge >= 0.3 is 0 Å². The third-order valence-electron chi connectivity index (χ3n) is 6.48. The fourth-order valence-corrected chi connectivity index (χ4v) is 4.58. The number of benzene rings is 1. The second-order valence-corrected chi connectivity index (χ2v) is 8.62. The number of carbonyl (C=O) groups is 1. The van der Waals surface area contributed by atoms with E-state index in [1.54, 1.807) is 20.2 Å². The van der Waals surface area contributed by atoms with Gasteiger partial charge in [-0.2, -0.15) is 9.97 Å². The van der Waals surface area contributed by atoms with Crippen molar-refractivity contribution in [2.24, 2.45) is 0 Å². The molecule has 1 aromatic carbocycles. The van der Waals surface area contributed by atoms with Crippen molar-refractivity contribution in [3.8, 4) is 11.3 Å². The molecule has 2 aliphatic heterocycles. The molecule has 9 nitrogen and oxygen atoms in total. The van der Waals surface area contributed by atoms with Crippen molar-refractivity contribution in [1.29, 1.82) is 0 Å². The molecule has 34 heavy (non-hydrogen) atoms. The Morgan fingerprint density at radius 2 is 1.94 bits per heavy atom. The van der Waals surface area contributed by atoms with E-state index in [0.717, 1.165) is 61.5 Å². The van der Waals surface area contributed by atoms with Crippen molar-refractivity contribution in [3.63, 3.8) is 0 Å². The summed E-state index contributed by atoms with van der Waals surface area (Å²) in [6.45, 7) is 4.56. The SMILES string of the molecule is CNC(=O)c1cccc(-c2ccc3c(N4CCOCC4)nc(N4CCCC(OC)C4)nc3n2)c1. The lowest BCUT2D eigenvalue weighted by atomic mass is 10.1. The molecule has 0 saturated carbocycles. The van der Waals surface area contributed by atoms with Crippen LogP contribution in [0.5, 0.6) is 0 Å². The summed E-state index contributed by atoms with van der Waals surface area (Å²) in [6.07, 6.45) is 2.25. The Kier molecular flexibility index (Phi) is 6.55. The minimum absolute atomic E-state index is 0.125. The van der Waals surface area contributed by atoms with E-state index in [9.17, 15) is 4.79 Å². The highest BCUT2D eigenvalue weighted by Gasteiger charge is 2.25. The molecule has 1 amide bonds. The van der Waals surface area contributed by atoms with Gasteiger partial charge in [-0.05, 0) is 37.1 Å². The molecule has 0 aliphatic carbocycles. The van der Waals surface area contributed by atoms with Crippen LogP contribution in [0.3, 0.4) is 0 Å². The zero-order valence-electron chi connectivity index (χ0n) is 19.7. The Morgan fingerprint density at radius 1 is 1.09 bits per heavy atom. The number of fused-ring (bicyclic) bond motifs is 1. The molecule has 3 aromatic rings. The first-order chi connectivity index (χ1) is 16.7. The van der Waals surface area contributed by atoms with Gasteiger partial charge in [-0.25, -0.2) is 4.98 Å². The number of carbonyl (C=O) groups excluding carboxylic acids is 1. The Bertz CT molecular complexity index is 1180. The van der Waals surface area contributed by atoms with Crippen LogP contribution in [0.2, 0.25) is 0 Å². The number of piperidine rings is 1. The summed E-state index contributed by atoms with van der Waals surface area (Å²) >= 11 is 0. The highest BCUT2D eigenvalue weighted by Crippen LogP contribution is 2.30. The first-order valence-corrected chi connectivity index (χ1v) is 11.8. The molecule has 0 bridgehead atoms. The fourth-order valence-electron chi connectivity index (χ4n) is 4.58. The van der Waals surface area contributed by atoms with E-state index in [4.69, 9.17) is 24.4 Å². The van der Waals surface area contributed by atoms with Gasteiger partial charge in [-0.1, -0.05) is 12.1 Å². The van der Waals surface area contributed by atoms with Gasteiger partial charge in [0.05, 0.1) is 30.4 Å². The minimum Gasteiger partial charge on any atom is -0.380 e. The van der Waals surface area contributed by atoms with Gasteiger partial charge in [0, 0.05) is 51.5 Å². The van der Waals surface area contributed by atoms with Crippen LogP contribution in [0.1, 0.15) is 23.2 Å². The molecule has 0 spiro atoms. The van der Waals surface area contributed by atoms with Gasteiger partial charge in [0.2, 0.25) is 5.95 Å². The molecular formula is C25H30N6O3. The van der Waals surface area contributed by atoms with E-state index in [1.807, 2.05) is 30.3 Å². The second-order valence-electron chi connectivity index (χ2n) is 8.62. The number of morpholine rings is 1. The van der Waals surface area contributed by atoms with Crippen LogP contribution in [0.25, 0.3) is 22.3 Å². The van der Waals surface area contributed by atoms with E-state index in [1.165, 1.54) is 0 Å². The smallest absolute Gasteiger partial charge is 0.251 e. The van der Waals surface area contributed by atoms with Gasteiger partial charge in [0.1, 0.15) is 5.82 Å². The number of rotatable bonds is 5. The lowest BCUT2D eigenvalue weighted by Gasteiger charge is -2.33. The van der Waals surface area contributed by atoms with E-state index < -0.39 is 0 Å². The van der Waals surface area contributed by atoms with Crippen molar-refractivity contribution in [2.45, 2.75) is 18.9 Å². The molecule has 2 fully saturated rings. The number of hydrogen-bond donors (Lipinski definition) is 1. The van der Waals surface area contributed by atoms with E-state index in [2.05, 4.69) is 15.1 Å². The fraction of sp³-hybridized carbons (Fsp3) is 0.440. The van der Waals surface area contributed by atoms with Gasteiger partial charge in [-0.15, -0.1) is 0 Å². The zero-order chi connectivity index (χ0) is 23.5. The maximum Gasteiger partial charge on any atom is 0.251 e. The Balaban J connectivity index is 1.59. The molecular weight excluding hydrogens is 432 g/mol. The molecule has 1 atom stereocenters. The number of ether oxygens (including phenoxy) is 2. The quantitative estimate of drug-likeness (QED) is 0.618. The topological polar surface area (TPSA) is 92.7 Å². The molecule has 0 radical (unpaired) electrons. The number of anilines is 2. The van der Waals surface area contributed by atoms with E-state index in [0.29, 0.717) is 30.4 Å². The van der Waals surface area contributed by atoms with Crippen LogP contribution >= 0.6 is 0 Å².